The topological polar surface area (TPSA) is 127 Å². The van der Waals surface area contributed by atoms with Crippen LogP contribution in [0, 0.1) is 34.5 Å². The Kier molecular flexibility index (Phi) is 24.2. The molecule has 8 unspecified atom stereocenters. The molecule has 0 aromatic rings. The van der Waals surface area contributed by atoms with E-state index < -0.39 is 65.3 Å². The van der Waals surface area contributed by atoms with Gasteiger partial charge >= 0.3 is 30.3 Å². The SMILES string of the molecule is C.C.C.C.C.C.CCC(C)(C(=O)OC1(C)C2CC3CC(C2)CC1C3)C(F)(F)F.CCC(C)(C(=O)OC1CCOC1=O)C(F)(F)F.CCC(C)OC1COC2C(O)COC12. The first-order valence-corrected chi connectivity index (χ1v) is 18.9. The van der Waals surface area contributed by atoms with Crippen molar-refractivity contribution >= 4 is 17.9 Å². The van der Waals surface area contributed by atoms with E-state index in [2.05, 4.69) is 16.4 Å². The summed E-state index contributed by atoms with van der Waals surface area (Å²) >= 11 is 0. The lowest BCUT2D eigenvalue weighted by Gasteiger charge is -2.59. The highest BCUT2D eigenvalue weighted by Crippen LogP contribution is 2.60. The van der Waals surface area contributed by atoms with Crippen LogP contribution in [0.25, 0.3) is 0 Å². The average Bonchev–Trinajstić information content (AvgIpc) is 3.79. The lowest BCUT2D eigenvalue weighted by molar-refractivity contribution is -0.253. The molecule has 0 radical (unpaired) electrons. The van der Waals surface area contributed by atoms with Gasteiger partial charge in [0.1, 0.15) is 30.0 Å². The van der Waals surface area contributed by atoms with Gasteiger partial charge in [-0.1, -0.05) is 65.3 Å². The van der Waals surface area contributed by atoms with E-state index in [1.807, 2.05) is 13.8 Å². The van der Waals surface area contributed by atoms with Crippen LogP contribution in [0.15, 0.2) is 0 Å². The number of carbonyl (C=O) groups excluding carboxylic acids is 3. The van der Waals surface area contributed by atoms with Crippen molar-refractivity contribution < 1.29 is 74.3 Å². The van der Waals surface area contributed by atoms with Crippen LogP contribution in [0.1, 0.15) is 151 Å². The summed E-state index contributed by atoms with van der Waals surface area (Å²) in [5.74, 6) is -1.46. The maximum absolute atomic E-state index is 13.3. The number of rotatable bonds is 9. The lowest BCUT2D eigenvalue weighted by atomic mass is 9.50. The Balaban J connectivity index is -0.000000777. The number of alkyl halides is 6. The maximum atomic E-state index is 13.3. The highest BCUT2D eigenvalue weighted by atomic mass is 19.4. The van der Waals surface area contributed by atoms with Gasteiger partial charge in [-0.25, -0.2) is 4.79 Å². The van der Waals surface area contributed by atoms with Crippen LogP contribution in [0.5, 0.6) is 0 Å². The third kappa shape index (κ3) is 12.7. The van der Waals surface area contributed by atoms with Crippen molar-refractivity contribution in [1.82, 2.24) is 0 Å². The number of ether oxygens (including phenoxy) is 6. The summed E-state index contributed by atoms with van der Waals surface area (Å²) in [5.41, 5.74) is -5.69. The third-order valence-corrected chi connectivity index (χ3v) is 12.7. The Morgan fingerprint density at radius 2 is 1.24 bits per heavy atom. The molecular formula is C43H80F6O10. The van der Waals surface area contributed by atoms with Gasteiger partial charge in [0.15, 0.2) is 10.8 Å². The number of hydrogen-bond donors (Lipinski definition) is 1. The minimum absolute atomic E-state index is 0. The second kappa shape index (κ2) is 23.3. The molecule has 0 amide bonds. The third-order valence-electron chi connectivity index (χ3n) is 12.7. The van der Waals surface area contributed by atoms with Crippen LogP contribution < -0.4 is 0 Å². The van der Waals surface area contributed by atoms with Crippen molar-refractivity contribution in [2.24, 2.45) is 34.5 Å². The van der Waals surface area contributed by atoms with Crippen LogP contribution in [-0.2, 0) is 42.8 Å². The van der Waals surface area contributed by atoms with Crippen molar-refractivity contribution in [3.05, 3.63) is 0 Å². The Labute approximate surface area is 351 Å². The second-order valence-electron chi connectivity index (χ2n) is 16.2. The summed E-state index contributed by atoms with van der Waals surface area (Å²) in [4.78, 5) is 34.9. The number of carbonyl (C=O) groups is 3. The summed E-state index contributed by atoms with van der Waals surface area (Å²) < 4.78 is 109. The molecule has 4 bridgehead atoms. The van der Waals surface area contributed by atoms with E-state index >= 15 is 0 Å². The zero-order valence-corrected chi connectivity index (χ0v) is 31.6. The van der Waals surface area contributed by atoms with Gasteiger partial charge in [-0.2, -0.15) is 26.3 Å². The van der Waals surface area contributed by atoms with Crippen LogP contribution >= 0.6 is 0 Å². The molecule has 7 rings (SSSR count). The second-order valence-corrected chi connectivity index (χ2v) is 16.2. The molecular weight excluding hydrogens is 790 g/mol. The molecule has 7 fully saturated rings. The van der Waals surface area contributed by atoms with E-state index in [0.29, 0.717) is 25.0 Å². The van der Waals surface area contributed by atoms with E-state index in [1.165, 1.54) is 20.3 Å². The van der Waals surface area contributed by atoms with Crippen molar-refractivity contribution in [3.8, 4) is 0 Å². The van der Waals surface area contributed by atoms with Gasteiger partial charge in [-0.3, -0.25) is 9.59 Å². The largest absolute Gasteiger partial charge is 0.463 e. The summed E-state index contributed by atoms with van der Waals surface area (Å²) in [7, 11) is 0. The number of esters is 3. The van der Waals surface area contributed by atoms with E-state index in [-0.39, 0.29) is 100 Å². The fourth-order valence-electron chi connectivity index (χ4n) is 8.32. The lowest BCUT2D eigenvalue weighted by Crippen LogP contribution is -2.59. The summed E-state index contributed by atoms with van der Waals surface area (Å²) in [5, 5.41) is 9.50. The van der Waals surface area contributed by atoms with Gasteiger partial charge in [-0.15, -0.1) is 0 Å². The number of cyclic esters (lactones) is 1. The molecule has 0 aromatic carbocycles. The van der Waals surface area contributed by atoms with Crippen LogP contribution in [-0.4, -0.2) is 97.4 Å². The predicted octanol–water partition coefficient (Wildman–Crippen LogP) is 10.7. The van der Waals surface area contributed by atoms with E-state index in [4.69, 9.17) is 18.9 Å². The van der Waals surface area contributed by atoms with E-state index in [9.17, 15) is 45.8 Å². The minimum Gasteiger partial charge on any atom is -0.463 e. The molecule has 7 aliphatic rings. The first-order valence-electron chi connectivity index (χ1n) is 18.9. The van der Waals surface area contributed by atoms with Crippen LogP contribution in [0.2, 0.25) is 0 Å². The Hall–Kier alpha value is -2.17. The van der Waals surface area contributed by atoms with Crippen molar-refractivity contribution in [2.45, 2.75) is 205 Å². The van der Waals surface area contributed by atoms with Gasteiger partial charge < -0.3 is 33.5 Å². The fraction of sp³-hybridized carbons (Fsp3) is 0.930. The van der Waals surface area contributed by atoms with Crippen LogP contribution in [0.4, 0.5) is 26.3 Å². The number of aliphatic hydroxyl groups is 1. The summed E-state index contributed by atoms with van der Waals surface area (Å²) in [6.07, 6.45) is -5.37. The van der Waals surface area contributed by atoms with Gasteiger partial charge in [-0.05, 0) is 103 Å². The normalized spacial score (nSPS) is 33.4. The molecule has 3 heterocycles. The summed E-state index contributed by atoms with van der Waals surface area (Å²) in [6, 6.07) is 0. The molecule has 3 saturated heterocycles. The number of fused-ring (bicyclic) bond motifs is 1. The quantitative estimate of drug-likeness (QED) is 0.136. The van der Waals surface area contributed by atoms with Crippen molar-refractivity contribution in [3.63, 3.8) is 0 Å². The zero-order valence-electron chi connectivity index (χ0n) is 31.6. The molecule has 16 heteroatoms. The van der Waals surface area contributed by atoms with Crippen molar-refractivity contribution in [1.29, 1.82) is 0 Å². The van der Waals surface area contributed by atoms with Gasteiger partial charge in [0.2, 0.25) is 6.10 Å². The molecule has 4 saturated carbocycles. The maximum Gasteiger partial charge on any atom is 0.404 e. The zero-order chi connectivity index (χ0) is 39.7. The highest BCUT2D eigenvalue weighted by Gasteiger charge is 2.62. The van der Waals surface area contributed by atoms with E-state index in [0.717, 1.165) is 46.0 Å². The molecule has 59 heavy (non-hydrogen) atoms. The molecule has 4 aliphatic carbocycles. The van der Waals surface area contributed by atoms with Gasteiger partial charge in [0.25, 0.3) is 0 Å². The molecule has 1 N–H and O–H groups in total. The molecule has 8 atom stereocenters. The molecule has 10 nitrogen and oxygen atoms in total. The Morgan fingerprint density at radius 3 is 1.64 bits per heavy atom. The minimum atomic E-state index is -4.71. The number of halogens is 6. The molecule has 0 spiro atoms. The predicted molar refractivity (Wildman–Crippen MR) is 216 cm³/mol. The van der Waals surface area contributed by atoms with Gasteiger partial charge in [0, 0.05) is 6.42 Å². The smallest absolute Gasteiger partial charge is 0.404 e. The van der Waals surface area contributed by atoms with E-state index in [1.54, 1.807) is 0 Å². The first-order chi connectivity index (χ1) is 24.5. The van der Waals surface area contributed by atoms with Crippen molar-refractivity contribution in [2.75, 3.05) is 19.8 Å². The number of hydrogen-bond acceptors (Lipinski definition) is 10. The van der Waals surface area contributed by atoms with Crippen LogP contribution in [0.3, 0.4) is 0 Å². The molecule has 0 aromatic heterocycles. The Bertz CT molecular complexity index is 1270. The highest BCUT2D eigenvalue weighted by molar-refractivity contribution is 5.83. The summed E-state index contributed by atoms with van der Waals surface area (Å²) in [6.45, 7) is 11.3. The standard InChI is InChI=1S/C17H25F3O2.C10H13F3O4.C10H18O4.6CH4/c1-4-15(2,17(18,19)20)14(21)22-16(3)12-6-10-5-11(8-12)9-13(16)7-10;1-3-9(2,10(11,12)13)8(15)17-6-4-5-16-7(6)14;1-3-6(2)14-8-5-13-9-7(11)4-12-10(8)9;;;;;;/h10-13H,4-9H2,1-3H3;6H,3-5H2,1-2H3;6-11H,3-5H2,1-2H3;6*1H4. The first kappa shape index (κ1) is 61.1. The monoisotopic (exact) mass is 871 g/mol. The molecule has 354 valence electrons. The molecule has 3 aliphatic heterocycles. The van der Waals surface area contributed by atoms with Gasteiger partial charge in [0.05, 0.1) is 25.9 Å². The average molecular weight is 871 g/mol. The fourth-order valence-corrected chi connectivity index (χ4v) is 8.32. The Morgan fingerprint density at radius 1 is 0.780 bits per heavy atom. The number of aliphatic hydroxyl groups excluding tert-OH is 1.